The zero-order valence-corrected chi connectivity index (χ0v) is 16.4. The van der Waals surface area contributed by atoms with E-state index < -0.39 is 0 Å². The molecule has 0 aliphatic carbocycles. The third-order valence-electron chi connectivity index (χ3n) is 6.60. The lowest BCUT2D eigenvalue weighted by molar-refractivity contribution is 0.872. The van der Waals surface area contributed by atoms with Crippen molar-refractivity contribution in [2.45, 2.75) is 6.54 Å². The van der Waals surface area contributed by atoms with E-state index >= 15 is 0 Å². The molecule has 0 unspecified atom stereocenters. The van der Waals surface area contributed by atoms with Gasteiger partial charge in [0.05, 0.1) is 39.9 Å². The number of fused-ring (bicyclic) bond motifs is 8. The monoisotopic (exact) mass is 394 g/mol. The van der Waals surface area contributed by atoms with Crippen LogP contribution in [0.5, 0.6) is 0 Å². The van der Waals surface area contributed by atoms with E-state index in [2.05, 4.69) is 69.8 Å². The summed E-state index contributed by atoms with van der Waals surface area (Å²) in [6.07, 6.45) is 0. The minimum Gasteiger partial charge on any atom is -0.334 e. The lowest BCUT2D eigenvalue weighted by Crippen LogP contribution is -2.00. The number of rotatable bonds is 0. The van der Waals surface area contributed by atoms with Crippen LogP contribution in [0, 0.1) is 22.7 Å². The highest BCUT2D eigenvalue weighted by atomic mass is 15.1. The van der Waals surface area contributed by atoms with Gasteiger partial charge in [-0.3, -0.25) is 0 Å². The number of para-hydroxylation sites is 3. The number of hydrogen-bond acceptors (Lipinski definition) is 2. The summed E-state index contributed by atoms with van der Waals surface area (Å²) in [5.74, 6) is 0. The quantitative estimate of drug-likeness (QED) is 0.317. The molecule has 0 spiro atoms. The molecule has 0 saturated heterocycles. The number of nitrogens with zero attached hydrogens (tertiary/aromatic N) is 4. The van der Waals surface area contributed by atoms with Crippen molar-refractivity contribution in [1.82, 2.24) is 9.13 Å². The molecule has 6 aromatic rings. The van der Waals surface area contributed by atoms with Crippen molar-refractivity contribution in [3.05, 3.63) is 89.5 Å². The van der Waals surface area contributed by atoms with E-state index in [-0.39, 0.29) is 0 Å². The zero-order chi connectivity index (χ0) is 20.7. The van der Waals surface area contributed by atoms with Crippen LogP contribution in [-0.2, 0) is 6.54 Å². The lowest BCUT2D eigenvalue weighted by Gasteiger charge is -2.11. The Bertz CT molecular complexity index is 1830. The molecule has 0 fully saturated rings. The van der Waals surface area contributed by atoms with Crippen molar-refractivity contribution in [2.24, 2.45) is 0 Å². The molecule has 7 rings (SSSR count). The molecule has 31 heavy (non-hydrogen) atoms. The fourth-order valence-electron chi connectivity index (χ4n) is 5.44. The molecule has 0 saturated carbocycles. The summed E-state index contributed by atoms with van der Waals surface area (Å²) in [6.45, 7) is 0.710. The number of benzene rings is 4. The fraction of sp³-hybridized carbons (Fsp3) is 0.0370. The van der Waals surface area contributed by atoms with E-state index in [1.54, 1.807) is 0 Å². The van der Waals surface area contributed by atoms with Crippen LogP contribution in [0.4, 0.5) is 0 Å². The molecule has 3 heterocycles. The molecule has 0 radical (unpaired) electrons. The Labute approximate surface area is 177 Å². The first-order chi connectivity index (χ1) is 15.3. The van der Waals surface area contributed by atoms with Gasteiger partial charge in [0.2, 0.25) is 0 Å². The summed E-state index contributed by atoms with van der Waals surface area (Å²) in [5.41, 5.74) is 7.43. The topological polar surface area (TPSA) is 57.4 Å². The van der Waals surface area contributed by atoms with Crippen LogP contribution in [0.2, 0.25) is 0 Å². The smallest absolute Gasteiger partial charge is 0.101 e. The van der Waals surface area contributed by atoms with Crippen molar-refractivity contribution >= 4 is 43.6 Å². The van der Waals surface area contributed by atoms with Gasteiger partial charge in [0.25, 0.3) is 0 Å². The fourth-order valence-corrected chi connectivity index (χ4v) is 5.44. The Morgan fingerprint density at radius 1 is 0.645 bits per heavy atom. The third-order valence-corrected chi connectivity index (χ3v) is 6.60. The number of aromatic nitrogens is 2. The highest BCUT2D eigenvalue weighted by Gasteiger charge is 2.29. The maximum Gasteiger partial charge on any atom is 0.101 e. The van der Waals surface area contributed by atoms with Gasteiger partial charge >= 0.3 is 0 Å². The highest BCUT2D eigenvalue weighted by molar-refractivity contribution is 6.27. The normalized spacial score (nSPS) is 12.3. The first-order valence-electron chi connectivity index (χ1n) is 10.2. The van der Waals surface area contributed by atoms with Crippen LogP contribution in [0.3, 0.4) is 0 Å². The molecule has 4 nitrogen and oxygen atoms in total. The molecule has 0 atom stereocenters. The van der Waals surface area contributed by atoms with Crippen molar-refractivity contribution < 1.29 is 0 Å². The summed E-state index contributed by atoms with van der Waals surface area (Å²) >= 11 is 0. The average Bonchev–Trinajstić information content (AvgIpc) is 3.27. The molecule has 142 valence electrons. The van der Waals surface area contributed by atoms with Gasteiger partial charge < -0.3 is 9.13 Å². The van der Waals surface area contributed by atoms with Crippen LogP contribution < -0.4 is 0 Å². The third kappa shape index (κ3) is 1.79. The summed E-state index contributed by atoms with van der Waals surface area (Å²) in [7, 11) is 0. The Balaban J connectivity index is 1.96. The van der Waals surface area contributed by atoms with E-state index in [1.807, 2.05) is 24.3 Å². The molecule has 1 aliphatic rings. The standard InChI is InChI=1S/C27H14N4/c28-13-19-20(14-29)25-18-9-3-6-12-23(18)31-21-10-4-1-7-16(21)15-30-22-11-5-2-8-17(22)24(19)26(30)27(25)31/h1-12H,15H2. The van der Waals surface area contributed by atoms with Gasteiger partial charge in [-0.15, -0.1) is 0 Å². The second-order valence-electron chi connectivity index (χ2n) is 8.01. The Kier molecular flexibility index (Phi) is 2.91. The molecular weight excluding hydrogens is 380 g/mol. The maximum absolute atomic E-state index is 10.2. The van der Waals surface area contributed by atoms with E-state index in [0.717, 1.165) is 49.3 Å². The molecule has 0 N–H and O–H groups in total. The second-order valence-corrected chi connectivity index (χ2v) is 8.01. The Morgan fingerprint density at radius 2 is 1.23 bits per heavy atom. The second kappa shape index (κ2) is 5.53. The van der Waals surface area contributed by atoms with Gasteiger partial charge in [-0.1, -0.05) is 54.6 Å². The van der Waals surface area contributed by atoms with Gasteiger partial charge in [-0.2, -0.15) is 10.5 Å². The minimum absolute atomic E-state index is 0.460. The van der Waals surface area contributed by atoms with Crippen molar-refractivity contribution in [1.29, 1.82) is 10.5 Å². The molecule has 4 aromatic carbocycles. The van der Waals surface area contributed by atoms with Gasteiger partial charge in [0, 0.05) is 27.1 Å². The van der Waals surface area contributed by atoms with Gasteiger partial charge in [-0.05, 0) is 23.8 Å². The Hall–Kier alpha value is -4.54. The van der Waals surface area contributed by atoms with Crippen LogP contribution in [0.25, 0.3) is 49.3 Å². The predicted octanol–water partition coefficient (Wildman–Crippen LogP) is 6.00. The van der Waals surface area contributed by atoms with Crippen LogP contribution in [0.15, 0.2) is 72.8 Å². The summed E-state index contributed by atoms with van der Waals surface area (Å²) in [4.78, 5) is 0. The highest BCUT2D eigenvalue weighted by Crippen LogP contribution is 2.46. The molecule has 1 aliphatic heterocycles. The van der Waals surface area contributed by atoms with Crippen LogP contribution in [-0.4, -0.2) is 9.13 Å². The van der Waals surface area contributed by atoms with Crippen LogP contribution >= 0.6 is 0 Å². The van der Waals surface area contributed by atoms with Gasteiger partial charge in [-0.25, -0.2) is 0 Å². The molecule has 0 bridgehead atoms. The van der Waals surface area contributed by atoms with E-state index in [9.17, 15) is 10.5 Å². The lowest BCUT2D eigenvalue weighted by atomic mass is 9.96. The van der Waals surface area contributed by atoms with Gasteiger partial charge in [0.15, 0.2) is 0 Å². The SMILES string of the molecule is N#Cc1c(C#N)c2c3ccccc3n3c2c2c1c1ccccc1n2Cc1ccccc1-3. The zero-order valence-electron chi connectivity index (χ0n) is 16.4. The van der Waals surface area contributed by atoms with Crippen LogP contribution in [0.1, 0.15) is 16.7 Å². The summed E-state index contributed by atoms with van der Waals surface area (Å²) < 4.78 is 4.60. The average molecular weight is 394 g/mol. The molecule has 0 amide bonds. The largest absolute Gasteiger partial charge is 0.334 e. The van der Waals surface area contributed by atoms with E-state index in [4.69, 9.17) is 0 Å². The summed E-state index contributed by atoms with van der Waals surface area (Å²) in [6, 6.07) is 29.6. The number of nitriles is 2. The number of hydrogen-bond donors (Lipinski definition) is 0. The van der Waals surface area contributed by atoms with Gasteiger partial charge in [0.1, 0.15) is 12.1 Å². The van der Waals surface area contributed by atoms with Crippen molar-refractivity contribution in [3.8, 4) is 17.8 Å². The Morgan fingerprint density at radius 3 is 1.97 bits per heavy atom. The van der Waals surface area contributed by atoms with Crippen molar-refractivity contribution in [2.75, 3.05) is 0 Å². The molecule has 2 aromatic heterocycles. The first kappa shape index (κ1) is 16.3. The first-order valence-corrected chi connectivity index (χ1v) is 10.2. The maximum atomic E-state index is 10.2. The molecular formula is C27H14N4. The predicted molar refractivity (Wildman–Crippen MR) is 122 cm³/mol. The minimum atomic E-state index is 0.460. The summed E-state index contributed by atoms with van der Waals surface area (Å²) in [5, 5.41) is 24.2. The molecule has 4 heteroatoms. The van der Waals surface area contributed by atoms with E-state index in [0.29, 0.717) is 17.7 Å². The van der Waals surface area contributed by atoms with E-state index in [1.165, 1.54) is 5.56 Å². The van der Waals surface area contributed by atoms with Crippen molar-refractivity contribution in [3.63, 3.8) is 0 Å².